The Morgan fingerprint density at radius 2 is 0.361 bits per heavy atom. The van der Waals surface area contributed by atoms with Crippen LogP contribution in [-0.2, 0) is 0 Å². The molecule has 0 aromatic carbocycles. The lowest BCUT2D eigenvalue weighted by Gasteiger charge is -2.51. The molecule has 0 aromatic rings. The van der Waals surface area contributed by atoms with Gasteiger partial charge >= 0.3 is 0 Å². The Bertz CT molecular complexity index is 811. The van der Waals surface area contributed by atoms with E-state index in [0.717, 1.165) is 0 Å². The molecule has 0 nitrogen and oxygen atoms in total. The molecule has 200 valence electrons. The van der Waals surface area contributed by atoms with Crippen molar-refractivity contribution < 1.29 is 0 Å². The van der Waals surface area contributed by atoms with Gasteiger partial charge in [0.15, 0.2) is 30.4 Å². The lowest BCUT2D eigenvalue weighted by molar-refractivity contribution is 0.888. The third kappa shape index (κ3) is 4.94. The van der Waals surface area contributed by atoms with Gasteiger partial charge in [-0.05, 0) is 68.0 Å². The summed E-state index contributed by atoms with van der Waals surface area (Å²) < 4.78 is 0. The van der Waals surface area contributed by atoms with Crippen LogP contribution in [0.1, 0.15) is 111 Å². The van der Waals surface area contributed by atoms with Gasteiger partial charge < -0.3 is 0 Å². The smallest absolute Gasteiger partial charge is 0.119 e. The average molecular weight is 553 g/mol. The van der Waals surface area contributed by atoms with Gasteiger partial charge in [-0.25, -0.2) is 0 Å². The molecule has 1 aliphatic heterocycles. The van der Waals surface area contributed by atoms with E-state index in [0.29, 0.717) is 44.3 Å². The van der Waals surface area contributed by atoms with Crippen LogP contribution in [-0.4, -0.2) is 30.4 Å². The highest BCUT2D eigenvalue weighted by Crippen LogP contribution is 2.51. The first-order valence-electron chi connectivity index (χ1n) is 14.5. The van der Waals surface area contributed by atoms with Crippen LogP contribution in [0, 0.1) is 45.9 Å². The summed E-state index contributed by atoms with van der Waals surface area (Å²) in [5, 5.41) is 0. The summed E-state index contributed by atoms with van der Waals surface area (Å²) in [6.07, 6.45) is 0. The van der Waals surface area contributed by atoms with Gasteiger partial charge in [0.05, 0.1) is 0 Å². The molecule has 0 N–H and O–H groups in total. The van der Waals surface area contributed by atoms with Gasteiger partial charge in [0.1, 0.15) is 0 Å². The molecule has 1 rings (SSSR count). The minimum Gasteiger partial charge on any atom is -0.119 e. The molecular weight excluding hydrogens is 497 g/mol. The monoisotopic (exact) mass is 552 g/mol. The lowest BCUT2D eigenvalue weighted by Crippen LogP contribution is -2.69. The van der Waals surface area contributed by atoms with Crippen molar-refractivity contribution in [3.05, 3.63) is 0 Å². The van der Waals surface area contributed by atoms with Crippen LogP contribution in [0.4, 0.5) is 0 Å². The van der Waals surface area contributed by atoms with E-state index in [1.807, 2.05) is 0 Å². The minimum atomic E-state index is -2.14. The van der Waals surface area contributed by atoms with Crippen LogP contribution >= 0.6 is 0 Å². The molecule has 0 bridgehead atoms. The van der Waals surface area contributed by atoms with Crippen LogP contribution in [0.2, 0.25) is 44.3 Å². The lowest BCUT2D eigenvalue weighted by atomic mass is 10.5. The Hall–Kier alpha value is -0.892. The van der Waals surface area contributed by atoms with Gasteiger partial charge in [0, 0.05) is 0 Å². The third-order valence-corrected chi connectivity index (χ3v) is 52.9. The normalized spacial score (nSPS) is 19.8. The van der Waals surface area contributed by atoms with Crippen molar-refractivity contribution in [1.29, 1.82) is 0 Å². The Labute approximate surface area is 230 Å². The Kier molecular flexibility index (Phi) is 11.3. The molecule has 0 saturated heterocycles. The second-order valence-electron chi connectivity index (χ2n) is 13.7. The summed E-state index contributed by atoms with van der Waals surface area (Å²) in [4.78, 5) is 0. The largest absolute Gasteiger partial charge is 0.151 e. The standard InChI is InChI=1S/C32H56Si4/c1-25(2)33(26(3)4)21-17-18-23-35(29(9)10,30(11)12)36(31(13)14,32(15)16)24-20-19-22-34(33,27(5)6)28(7)8/h25-32H,1-16H3. The van der Waals surface area contributed by atoms with Crippen LogP contribution in [0.15, 0.2) is 0 Å². The Morgan fingerprint density at radius 1 is 0.250 bits per heavy atom. The van der Waals surface area contributed by atoms with Crippen LogP contribution in [0.25, 0.3) is 0 Å². The van der Waals surface area contributed by atoms with E-state index in [-0.39, 0.29) is 0 Å². The van der Waals surface area contributed by atoms with E-state index in [2.05, 4.69) is 157 Å². The summed E-state index contributed by atoms with van der Waals surface area (Å²) in [6.45, 7) is 38.8. The van der Waals surface area contributed by atoms with Crippen molar-refractivity contribution in [1.82, 2.24) is 0 Å². The van der Waals surface area contributed by atoms with Crippen LogP contribution in [0.5, 0.6) is 0 Å². The van der Waals surface area contributed by atoms with E-state index >= 15 is 0 Å². The van der Waals surface area contributed by atoms with Crippen molar-refractivity contribution in [3.63, 3.8) is 0 Å². The SMILES string of the molecule is CC(C)[Si]1(C(C)C)C#CC#C[Si](C(C)C)(C(C)C)[Si](C(C)C)(C(C)C)C#CC#C[Si]1(C(C)C)C(C)C. The summed E-state index contributed by atoms with van der Waals surface area (Å²) in [5.74, 6) is 14.5. The fourth-order valence-corrected chi connectivity index (χ4v) is 51.9. The molecule has 0 atom stereocenters. The molecule has 0 amide bonds. The fourth-order valence-electron chi connectivity index (χ4n) is 8.60. The van der Waals surface area contributed by atoms with E-state index in [1.165, 1.54) is 0 Å². The zero-order chi connectivity index (χ0) is 28.3. The first-order valence-corrected chi connectivity index (χ1v) is 25.2. The Morgan fingerprint density at radius 3 is 0.444 bits per heavy atom. The topological polar surface area (TPSA) is 0 Å². The second-order valence-corrected chi connectivity index (χ2v) is 40.8. The van der Waals surface area contributed by atoms with Crippen LogP contribution < -0.4 is 0 Å². The van der Waals surface area contributed by atoms with E-state index in [9.17, 15) is 0 Å². The minimum absolute atomic E-state index is 0.547. The van der Waals surface area contributed by atoms with E-state index in [1.54, 1.807) is 0 Å². The van der Waals surface area contributed by atoms with Gasteiger partial charge in [0.2, 0.25) is 0 Å². The maximum atomic E-state index is 4.07. The van der Waals surface area contributed by atoms with Crippen LogP contribution in [0.3, 0.4) is 0 Å². The molecule has 0 spiro atoms. The quantitative estimate of drug-likeness (QED) is 0.208. The van der Waals surface area contributed by atoms with Crippen molar-refractivity contribution in [2.24, 2.45) is 0 Å². The van der Waals surface area contributed by atoms with Gasteiger partial charge in [-0.15, -0.1) is 22.2 Å². The summed E-state index contributed by atoms with van der Waals surface area (Å²) >= 11 is 0. The molecule has 4 heteroatoms. The maximum absolute atomic E-state index is 4.07. The average Bonchev–Trinajstić information content (AvgIpc) is 2.72. The molecule has 1 heterocycles. The number of hydrogen-bond acceptors (Lipinski definition) is 0. The molecule has 36 heavy (non-hydrogen) atoms. The molecule has 1 aliphatic rings. The molecule has 0 unspecified atom stereocenters. The zero-order valence-corrected chi connectivity index (χ0v) is 30.6. The van der Waals surface area contributed by atoms with E-state index in [4.69, 9.17) is 0 Å². The zero-order valence-electron chi connectivity index (χ0n) is 26.6. The van der Waals surface area contributed by atoms with Crippen molar-refractivity contribution in [3.8, 4) is 45.9 Å². The predicted octanol–water partition coefficient (Wildman–Crippen LogP) is 9.40. The van der Waals surface area contributed by atoms with Crippen molar-refractivity contribution >= 4 is 30.4 Å². The fraction of sp³-hybridized carbons (Fsp3) is 0.750. The molecule has 0 radical (unpaired) electrons. The van der Waals surface area contributed by atoms with Gasteiger partial charge in [0.25, 0.3) is 0 Å². The second kappa shape index (κ2) is 12.3. The summed E-state index contributed by atoms with van der Waals surface area (Å²) in [5.41, 5.74) is 20.6. The first kappa shape index (κ1) is 33.1. The van der Waals surface area contributed by atoms with Gasteiger partial charge in [-0.1, -0.05) is 111 Å². The number of hydrogen-bond donors (Lipinski definition) is 0. The summed E-state index contributed by atoms with van der Waals surface area (Å²) in [6, 6.07) is 0. The highest BCUT2D eigenvalue weighted by molar-refractivity contribution is 7.51. The van der Waals surface area contributed by atoms with Crippen molar-refractivity contribution in [2.75, 3.05) is 0 Å². The van der Waals surface area contributed by atoms with Gasteiger partial charge in [-0.2, -0.15) is 0 Å². The Balaban J connectivity index is 4.48. The molecular formula is C32H56Si4. The molecule has 0 fully saturated rings. The molecule has 0 aromatic heterocycles. The summed E-state index contributed by atoms with van der Waals surface area (Å²) in [7, 11) is -8.55. The van der Waals surface area contributed by atoms with E-state index < -0.39 is 30.4 Å². The third-order valence-electron chi connectivity index (χ3n) is 9.86. The van der Waals surface area contributed by atoms with Crippen molar-refractivity contribution in [2.45, 2.75) is 155 Å². The predicted molar refractivity (Wildman–Crippen MR) is 175 cm³/mol. The van der Waals surface area contributed by atoms with Gasteiger partial charge in [-0.3, -0.25) is 0 Å². The number of rotatable bonds is 8. The molecule has 0 aliphatic carbocycles. The highest BCUT2D eigenvalue weighted by Gasteiger charge is 2.62. The maximum Gasteiger partial charge on any atom is 0.151 e. The highest BCUT2D eigenvalue weighted by atomic mass is 29.3. The molecule has 0 saturated carbocycles. The first-order chi connectivity index (χ1) is 16.5.